The summed E-state index contributed by atoms with van der Waals surface area (Å²) in [5.41, 5.74) is 3.57. The Labute approximate surface area is 158 Å². The molecule has 2 rings (SSSR count). The summed E-state index contributed by atoms with van der Waals surface area (Å²) >= 11 is 0. The minimum atomic E-state index is -0.843. The molecule has 0 fully saturated rings. The molecule has 27 heavy (non-hydrogen) atoms. The molecule has 1 atom stereocenters. The van der Waals surface area contributed by atoms with Gasteiger partial charge in [-0.15, -0.1) is 0 Å². The van der Waals surface area contributed by atoms with E-state index in [4.69, 9.17) is 4.74 Å². The lowest BCUT2D eigenvalue weighted by Crippen LogP contribution is -2.43. The second-order valence-electron chi connectivity index (χ2n) is 6.20. The van der Waals surface area contributed by atoms with E-state index in [1.165, 1.54) is 20.3 Å². The van der Waals surface area contributed by atoms with E-state index < -0.39 is 23.9 Å². The molecule has 142 valence electrons. The van der Waals surface area contributed by atoms with Crippen LogP contribution in [0.5, 0.6) is 0 Å². The fourth-order valence-electron chi connectivity index (χ4n) is 2.86. The lowest BCUT2D eigenvalue weighted by Gasteiger charge is -2.19. The van der Waals surface area contributed by atoms with Gasteiger partial charge in [0.25, 0.3) is 5.91 Å². The van der Waals surface area contributed by atoms with Crippen molar-refractivity contribution < 1.29 is 23.9 Å². The van der Waals surface area contributed by atoms with E-state index in [0.29, 0.717) is 6.42 Å². The largest absolute Gasteiger partial charge is 0.467 e. The lowest BCUT2D eigenvalue weighted by molar-refractivity contribution is -0.142. The number of ether oxygens (including phenoxy) is 2. The molecule has 1 amide bonds. The Hall–Kier alpha value is -3.15. The number of rotatable bonds is 6. The molecule has 0 radical (unpaired) electrons. The van der Waals surface area contributed by atoms with Crippen LogP contribution in [0.1, 0.15) is 37.4 Å². The molecule has 0 saturated heterocycles. The summed E-state index contributed by atoms with van der Waals surface area (Å²) in [5.74, 6) is -1.54. The van der Waals surface area contributed by atoms with Gasteiger partial charge in [0.1, 0.15) is 6.04 Å². The molecule has 0 unspecified atom stereocenters. The average Bonchev–Trinajstić information content (AvgIpc) is 2.68. The van der Waals surface area contributed by atoms with Gasteiger partial charge in [0.05, 0.1) is 19.8 Å². The molecule has 6 nitrogen and oxygen atoms in total. The average molecular weight is 369 g/mol. The van der Waals surface area contributed by atoms with Crippen LogP contribution in [0.15, 0.2) is 42.5 Å². The minimum absolute atomic E-state index is 0.258. The Bertz CT molecular complexity index is 839. The first-order chi connectivity index (χ1) is 12.9. The maximum absolute atomic E-state index is 12.6. The molecule has 2 aromatic carbocycles. The zero-order valence-corrected chi connectivity index (χ0v) is 15.9. The zero-order valence-electron chi connectivity index (χ0n) is 15.9. The molecule has 0 aliphatic rings. The third-order valence-corrected chi connectivity index (χ3v) is 4.39. The molecule has 0 saturated carbocycles. The van der Waals surface area contributed by atoms with Crippen molar-refractivity contribution in [3.8, 4) is 0 Å². The third-order valence-electron chi connectivity index (χ3n) is 4.39. The summed E-state index contributed by atoms with van der Waals surface area (Å²) in [6, 6.07) is 11.1. The molecular formula is C21H23NO5. The highest BCUT2D eigenvalue weighted by atomic mass is 16.5. The van der Waals surface area contributed by atoms with Gasteiger partial charge in [-0.3, -0.25) is 4.79 Å². The Balaban J connectivity index is 2.25. The van der Waals surface area contributed by atoms with Crippen molar-refractivity contribution in [1.82, 2.24) is 5.32 Å². The fourth-order valence-corrected chi connectivity index (χ4v) is 2.86. The molecule has 0 aromatic heterocycles. The van der Waals surface area contributed by atoms with Gasteiger partial charge in [0.2, 0.25) is 0 Å². The number of amides is 1. The number of carbonyl (C=O) groups excluding carboxylic acids is 3. The van der Waals surface area contributed by atoms with E-state index in [2.05, 4.69) is 10.1 Å². The van der Waals surface area contributed by atoms with Crippen molar-refractivity contribution in [3.63, 3.8) is 0 Å². The van der Waals surface area contributed by atoms with Crippen LogP contribution < -0.4 is 5.32 Å². The molecule has 0 aliphatic heterocycles. The van der Waals surface area contributed by atoms with Crippen LogP contribution >= 0.6 is 0 Å². The second-order valence-corrected chi connectivity index (χ2v) is 6.20. The summed E-state index contributed by atoms with van der Waals surface area (Å²) < 4.78 is 9.52. The number of hydrogen-bond donors (Lipinski definition) is 1. The summed E-state index contributed by atoms with van der Waals surface area (Å²) in [5, 5.41) is 2.71. The van der Waals surface area contributed by atoms with Crippen LogP contribution in [0.3, 0.4) is 0 Å². The summed E-state index contributed by atoms with van der Waals surface area (Å²) in [7, 11) is 2.55. The number of methoxy groups -OCH3 is 2. The molecular weight excluding hydrogens is 346 g/mol. The van der Waals surface area contributed by atoms with Gasteiger partial charge in [-0.2, -0.15) is 0 Å². The molecule has 0 bridgehead atoms. The van der Waals surface area contributed by atoms with E-state index >= 15 is 0 Å². The van der Waals surface area contributed by atoms with Gasteiger partial charge in [0, 0.05) is 12.0 Å². The zero-order chi connectivity index (χ0) is 20.0. The molecule has 0 spiro atoms. The summed E-state index contributed by atoms with van der Waals surface area (Å²) in [4.78, 5) is 36.5. The van der Waals surface area contributed by atoms with Gasteiger partial charge >= 0.3 is 11.9 Å². The normalized spacial score (nSPS) is 11.4. The molecule has 1 N–H and O–H groups in total. The van der Waals surface area contributed by atoms with Gasteiger partial charge in [0.15, 0.2) is 0 Å². The smallest absolute Gasteiger partial charge is 0.337 e. The molecule has 2 aromatic rings. The van der Waals surface area contributed by atoms with Gasteiger partial charge < -0.3 is 14.8 Å². The number of carbonyl (C=O) groups is 3. The maximum atomic E-state index is 12.6. The van der Waals surface area contributed by atoms with E-state index in [1.54, 1.807) is 18.2 Å². The highest BCUT2D eigenvalue weighted by molar-refractivity contribution is 5.99. The van der Waals surface area contributed by atoms with E-state index in [0.717, 1.165) is 16.7 Å². The number of nitrogens with one attached hydrogen (secondary N) is 1. The Kier molecular flexibility index (Phi) is 6.71. The van der Waals surface area contributed by atoms with E-state index in [-0.39, 0.29) is 11.1 Å². The van der Waals surface area contributed by atoms with Crippen molar-refractivity contribution >= 4 is 17.8 Å². The number of benzene rings is 2. The SMILES string of the molecule is COC(=O)c1cccc(C(=O)N[C@@H](Cc2c(C)cccc2C)C(=O)OC)c1. The van der Waals surface area contributed by atoms with Gasteiger partial charge in [-0.25, -0.2) is 9.59 Å². The lowest BCUT2D eigenvalue weighted by atomic mass is 9.96. The standard InChI is InChI=1S/C21H23NO5/c1-13-7-5-8-14(2)17(13)12-18(21(25)27-4)22-19(23)15-9-6-10-16(11-15)20(24)26-3/h5-11,18H,12H2,1-4H3,(H,22,23)/t18-/m0/s1. The van der Waals surface area contributed by atoms with Crippen LogP contribution in [0, 0.1) is 13.8 Å². The number of esters is 2. The topological polar surface area (TPSA) is 81.7 Å². The number of hydrogen-bond acceptors (Lipinski definition) is 5. The minimum Gasteiger partial charge on any atom is -0.467 e. The third kappa shape index (κ3) is 4.94. The monoisotopic (exact) mass is 369 g/mol. The fraction of sp³-hybridized carbons (Fsp3) is 0.286. The highest BCUT2D eigenvalue weighted by Crippen LogP contribution is 2.16. The predicted octanol–water partition coefficient (Wildman–Crippen LogP) is 2.60. The first-order valence-corrected chi connectivity index (χ1v) is 8.49. The van der Waals surface area contributed by atoms with Crippen LogP contribution in [0.25, 0.3) is 0 Å². The van der Waals surface area contributed by atoms with Crippen molar-refractivity contribution in [1.29, 1.82) is 0 Å². The first kappa shape index (κ1) is 20.2. The molecule has 0 heterocycles. The van der Waals surface area contributed by atoms with E-state index in [9.17, 15) is 14.4 Å². The number of aryl methyl sites for hydroxylation is 2. The predicted molar refractivity (Wildman–Crippen MR) is 101 cm³/mol. The summed E-state index contributed by atoms with van der Waals surface area (Å²) in [6.07, 6.45) is 0.313. The molecule has 0 aliphatic carbocycles. The second kappa shape index (κ2) is 8.98. The maximum Gasteiger partial charge on any atom is 0.337 e. The van der Waals surface area contributed by atoms with Crippen molar-refractivity contribution in [2.24, 2.45) is 0 Å². The quantitative estimate of drug-likeness (QED) is 0.792. The first-order valence-electron chi connectivity index (χ1n) is 8.49. The van der Waals surface area contributed by atoms with Gasteiger partial charge in [-0.1, -0.05) is 24.3 Å². The van der Waals surface area contributed by atoms with Crippen LogP contribution in [-0.4, -0.2) is 38.1 Å². The van der Waals surface area contributed by atoms with Crippen molar-refractivity contribution in [2.75, 3.05) is 14.2 Å². The Morgan fingerprint density at radius 2 is 1.52 bits per heavy atom. The Morgan fingerprint density at radius 3 is 2.11 bits per heavy atom. The Morgan fingerprint density at radius 1 is 0.926 bits per heavy atom. The summed E-state index contributed by atoms with van der Waals surface area (Å²) in [6.45, 7) is 3.91. The van der Waals surface area contributed by atoms with Crippen LogP contribution in [0.4, 0.5) is 0 Å². The van der Waals surface area contributed by atoms with Crippen LogP contribution in [-0.2, 0) is 20.7 Å². The highest BCUT2D eigenvalue weighted by Gasteiger charge is 2.24. The van der Waals surface area contributed by atoms with Crippen molar-refractivity contribution in [3.05, 3.63) is 70.3 Å². The van der Waals surface area contributed by atoms with Crippen molar-refractivity contribution in [2.45, 2.75) is 26.3 Å². The van der Waals surface area contributed by atoms with Crippen LogP contribution in [0.2, 0.25) is 0 Å². The molecule has 6 heteroatoms. The van der Waals surface area contributed by atoms with Gasteiger partial charge in [-0.05, 0) is 48.7 Å². The van der Waals surface area contributed by atoms with E-state index in [1.807, 2.05) is 32.0 Å².